The van der Waals surface area contributed by atoms with E-state index in [0.29, 0.717) is 21.9 Å². The molecule has 0 aliphatic carbocycles. The normalized spacial score (nSPS) is 17.4. The van der Waals surface area contributed by atoms with Gasteiger partial charge in [-0.05, 0) is 165 Å². The Kier molecular flexibility index (Phi) is 5.88. The minimum absolute atomic E-state index is 0.0165. The molecule has 0 heterocycles. The number of benzene rings is 16. The lowest BCUT2D eigenvalue weighted by atomic mass is 9.84. The number of fused-ring (bicyclic) bond motifs is 8. The average Bonchev–Trinajstić information content (AvgIpc) is 0.696. The van der Waals surface area contributed by atoms with Crippen LogP contribution in [-0.2, 0) is 0 Å². The van der Waals surface area contributed by atoms with Crippen LogP contribution < -0.4 is 0 Å². The third-order valence-electron chi connectivity index (χ3n) is 14.0. The highest BCUT2D eigenvalue weighted by Gasteiger charge is 2.20. The Labute approximate surface area is 513 Å². The fourth-order valence-corrected chi connectivity index (χ4v) is 10.4. The van der Waals surface area contributed by atoms with Crippen molar-refractivity contribution >= 4 is 86.2 Å². The van der Waals surface area contributed by atoms with Gasteiger partial charge in [-0.2, -0.15) is 0 Å². The lowest BCUT2D eigenvalue weighted by Gasteiger charge is -2.19. The zero-order valence-electron chi connectivity index (χ0n) is 75.4. The van der Waals surface area contributed by atoms with Crippen LogP contribution in [0.3, 0.4) is 0 Å². The Morgan fingerprint density at radius 1 is 0.188 bits per heavy atom. The van der Waals surface area contributed by atoms with E-state index in [1.54, 1.807) is 66.7 Å². The molecule has 80 heavy (non-hydrogen) atoms. The molecule has 0 bridgehead atoms. The number of rotatable bonds is 6. The molecule has 0 aromatic heterocycles. The highest BCUT2D eigenvalue weighted by molar-refractivity contribution is 6.25. The second-order valence-electron chi connectivity index (χ2n) is 18.4. The van der Waals surface area contributed by atoms with E-state index in [1.165, 1.54) is 0 Å². The summed E-state index contributed by atoms with van der Waals surface area (Å²) in [7, 11) is 0. The molecule has 0 spiro atoms. The molecule has 0 saturated carbocycles. The molecule has 0 aliphatic heterocycles. The first-order valence-electron chi connectivity index (χ1n) is 42.0. The molecule has 0 nitrogen and oxygen atoms in total. The van der Waals surface area contributed by atoms with Crippen LogP contribution in [-0.4, -0.2) is 0 Å². The minimum Gasteiger partial charge on any atom is -0.0616 e. The van der Waals surface area contributed by atoms with Crippen molar-refractivity contribution in [3.05, 3.63) is 315 Å². The van der Waals surface area contributed by atoms with Crippen molar-refractivity contribution in [1.82, 2.24) is 0 Å². The molecule has 0 N–H and O–H groups in total. The molecule has 16 aromatic carbocycles. The fourth-order valence-electron chi connectivity index (χ4n) is 10.4. The molecule has 0 atom stereocenters. The van der Waals surface area contributed by atoms with Crippen molar-refractivity contribution in [2.75, 3.05) is 0 Å². The van der Waals surface area contributed by atoms with Crippen LogP contribution in [0.1, 0.15) is 46.6 Å². The zero-order chi connectivity index (χ0) is 82.5. The Balaban J connectivity index is 0.000000180. The molecule has 0 fully saturated rings. The lowest BCUT2D eigenvalue weighted by molar-refractivity contribution is 1.63. The van der Waals surface area contributed by atoms with Gasteiger partial charge in [-0.3, -0.25) is 0 Å². The third kappa shape index (κ3) is 8.17. The molecule has 372 valence electrons. The number of hydrogen-bond donors (Lipinski definition) is 0. The van der Waals surface area contributed by atoms with Crippen molar-refractivity contribution in [2.45, 2.75) is 0 Å². The van der Waals surface area contributed by atoms with E-state index in [9.17, 15) is 16.4 Å². The van der Waals surface area contributed by atoms with Crippen molar-refractivity contribution in [1.29, 1.82) is 0 Å². The molecule has 16 rings (SSSR count). The minimum atomic E-state index is -0.899. The van der Waals surface area contributed by atoms with E-state index in [4.69, 9.17) is 30.2 Å². The average molecular weight is 1050 g/mol. The van der Waals surface area contributed by atoms with E-state index in [2.05, 4.69) is 0 Å². The lowest BCUT2D eigenvalue weighted by Crippen LogP contribution is -1.91. The third-order valence-corrected chi connectivity index (χ3v) is 14.0. The van der Waals surface area contributed by atoms with E-state index in [-0.39, 0.29) is 59.8 Å². The monoisotopic (exact) mass is 1050 g/mol. The summed E-state index contributed by atoms with van der Waals surface area (Å²) < 4.78 is 302. The van der Waals surface area contributed by atoms with Gasteiger partial charge in [0.15, 0.2) is 0 Å². The fraction of sp³-hybridized carbons (Fsp3) is 0. The van der Waals surface area contributed by atoms with E-state index < -0.39 is 255 Å². The molecule has 0 amide bonds. The molecule has 0 saturated heterocycles. The van der Waals surface area contributed by atoms with Gasteiger partial charge in [0.25, 0.3) is 0 Å². The first kappa shape index (κ1) is 23.7. The molecule has 0 heteroatoms. The van der Waals surface area contributed by atoms with E-state index in [1.807, 2.05) is 42.5 Å². The van der Waals surface area contributed by atoms with Crippen LogP contribution in [0.5, 0.6) is 0 Å². The van der Waals surface area contributed by atoms with E-state index >= 15 is 0 Å². The topological polar surface area (TPSA) is 0 Å². The number of hydrogen-bond acceptors (Lipinski definition) is 0. The Morgan fingerprint density at radius 3 is 1.26 bits per heavy atom. The maximum Gasteiger partial charge on any atom is 0.0636 e. The second-order valence-corrected chi connectivity index (χ2v) is 18.4. The van der Waals surface area contributed by atoms with Crippen LogP contribution >= 0.6 is 0 Å². The van der Waals surface area contributed by atoms with Gasteiger partial charge in [-0.25, -0.2) is 0 Å². The van der Waals surface area contributed by atoms with Gasteiger partial charge in [-0.1, -0.05) is 303 Å². The van der Waals surface area contributed by atoms with Gasteiger partial charge in [-0.15, -0.1) is 0 Å². The second kappa shape index (κ2) is 19.9. The van der Waals surface area contributed by atoms with Crippen LogP contribution in [0.25, 0.3) is 153 Å². The van der Waals surface area contributed by atoms with E-state index in [0.717, 1.165) is 21.9 Å². The molecule has 16 aromatic rings. The summed E-state index contributed by atoms with van der Waals surface area (Å²) in [6, 6.07) is 8.81. The van der Waals surface area contributed by atoms with Gasteiger partial charge in [0.1, 0.15) is 0 Å². The maximum absolute atomic E-state index is 9.41. The van der Waals surface area contributed by atoms with Gasteiger partial charge in [0.2, 0.25) is 0 Å². The first-order chi connectivity index (χ1) is 53.8. The maximum atomic E-state index is 9.41. The standard InChI is InChI=1S/2C40H26/c2*1-2-12-31-26-32(25-22-27(31)10-1)28-20-23-30(24-21-28)39-35-15-5-7-17-37(35)40(38-18-8-6-16-36(38)39)34-19-9-13-29-11-3-4-14-33(29)34/h2*1-26H/i1D,2D,5D,6D,7D,8D,10D,12D,15D,16D,17D,18D,20D,21D,22D,23D,24D,25D,26D;3D,4D,5D,6D,7D,8D,9D,11D,13D,14D,15D,16D,17D,18D,19D. The van der Waals surface area contributed by atoms with Crippen LogP contribution in [0, 0.1) is 0 Å². The molecule has 0 radical (unpaired) electrons. The smallest absolute Gasteiger partial charge is 0.0616 e. The van der Waals surface area contributed by atoms with Crippen LogP contribution in [0.2, 0.25) is 0 Å². The Morgan fingerprint density at radius 2 is 0.625 bits per heavy atom. The Bertz CT molecular complexity index is 6930. The van der Waals surface area contributed by atoms with Crippen LogP contribution in [0.4, 0.5) is 0 Å². The summed E-state index contributed by atoms with van der Waals surface area (Å²) >= 11 is 0. The summed E-state index contributed by atoms with van der Waals surface area (Å²) in [6.45, 7) is 0. The quantitative estimate of drug-likeness (QED) is 0.146. The van der Waals surface area contributed by atoms with Crippen molar-refractivity contribution in [2.24, 2.45) is 0 Å². The highest BCUT2D eigenvalue weighted by atomic mass is 14.2. The van der Waals surface area contributed by atoms with Gasteiger partial charge < -0.3 is 0 Å². The molecule has 0 aliphatic rings. The molecular formula is C80H52. The SMILES string of the molecule is [2H]c1c([2H])c(-c2c3c([2H])c([2H])c([2H])c([2H])c3c(-c3cccc4ccccc34)c3c([2H])c([2H])c([2H])c([2H])c23)c([2H])c([2H])c1-c1c([2H])c([2H])c2c([2H])c([2H])c([2H])c([2H])c2c1[2H].[2H]c1c([2H])c([2H])c2c(-c3c4c([2H])c([2H])c([2H])c([2H])c4c(-c4ccc(-c5ccc6ccccc6c5)cc4)c4c([2H])c([2H])c([2H])c([2H])c34)c([2H])c([2H])c([2H])c2c1[2H]. The molecule has 0 unspecified atom stereocenters. The highest BCUT2D eigenvalue weighted by Crippen LogP contribution is 2.47. The summed E-state index contributed by atoms with van der Waals surface area (Å²) in [6.07, 6.45) is 0. The predicted molar refractivity (Wildman–Crippen MR) is 346 cm³/mol. The summed E-state index contributed by atoms with van der Waals surface area (Å²) in [5, 5.41) is -0.435. The molecular weight excluding hydrogens is 961 g/mol. The summed E-state index contributed by atoms with van der Waals surface area (Å²) in [4.78, 5) is 0. The van der Waals surface area contributed by atoms with Crippen molar-refractivity contribution in [3.63, 3.8) is 0 Å². The van der Waals surface area contributed by atoms with Gasteiger partial charge in [0.05, 0.1) is 46.6 Å². The zero-order valence-corrected chi connectivity index (χ0v) is 41.4. The van der Waals surface area contributed by atoms with Crippen LogP contribution in [0.15, 0.2) is 315 Å². The summed E-state index contributed by atoms with van der Waals surface area (Å²) in [5.74, 6) is 0. The Hall–Kier alpha value is -10.4. The van der Waals surface area contributed by atoms with Crippen molar-refractivity contribution in [3.8, 4) is 66.8 Å². The van der Waals surface area contributed by atoms with Gasteiger partial charge >= 0.3 is 0 Å². The predicted octanol–water partition coefficient (Wildman–Crippen LogP) is 22.6. The first-order valence-corrected chi connectivity index (χ1v) is 25.0. The van der Waals surface area contributed by atoms with Crippen molar-refractivity contribution < 1.29 is 46.6 Å². The van der Waals surface area contributed by atoms with Gasteiger partial charge in [0, 0.05) is 0 Å². The summed E-state index contributed by atoms with van der Waals surface area (Å²) in [5.41, 5.74) is -0.682. The largest absolute Gasteiger partial charge is 0.0636 e.